The molecular formula is C18H23N5O3S. The summed E-state index contributed by atoms with van der Waals surface area (Å²) in [7, 11) is -3.62. The van der Waals surface area contributed by atoms with Gasteiger partial charge < -0.3 is 10.2 Å². The number of ketones is 1. The summed E-state index contributed by atoms with van der Waals surface area (Å²) in [6, 6.07) is 7.75. The molecule has 0 amide bonds. The quantitative estimate of drug-likeness (QED) is 0.523. The fourth-order valence-electron chi connectivity index (χ4n) is 2.89. The minimum absolute atomic E-state index is 0.103. The number of carbonyl (C=O) groups excluding carboxylic acids is 1. The number of hydrogen-bond donors (Lipinski definition) is 2. The molecule has 1 aromatic heterocycles. The zero-order chi connectivity index (χ0) is 19.3. The van der Waals surface area contributed by atoms with Crippen molar-refractivity contribution in [1.29, 1.82) is 0 Å². The summed E-state index contributed by atoms with van der Waals surface area (Å²) in [5, 5.41) is 3.11. The number of carbonyl (C=O) groups is 1. The van der Waals surface area contributed by atoms with Crippen LogP contribution in [0.15, 0.2) is 41.6 Å². The number of hydrogen-bond acceptors (Lipinski definition) is 7. The highest BCUT2D eigenvalue weighted by molar-refractivity contribution is 7.89. The van der Waals surface area contributed by atoms with Gasteiger partial charge in [0.2, 0.25) is 10.0 Å². The van der Waals surface area contributed by atoms with Crippen LogP contribution in [0, 0.1) is 0 Å². The molecule has 2 N–H and O–H groups in total. The van der Waals surface area contributed by atoms with Gasteiger partial charge in [0, 0.05) is 37.8 Å². The molecule has 9 heteroatoms. The van der Waals surface area contributed by atoms with Gasteiger partial charge in [-0.25, -0.2) is 23.1 Å². The van der Waals surface area contributed by atoms with Gasteiger partial charge in [-0.3, -0.25) is 4.79 Å². The molecule has 3 rings (SSSR count). The van der Waals surface area contributed by atoms with E-state index < -0.39 is 10.0 Å². The van der Waals surface area contributed by atoms with E-state index in [-0.39, 0.29) is 17.2 Å². The molecule has 27 heavy (non-hydrogen) atoms. The summed E-state index contributed by atoms with van der Waals surface area (Å²) >= 11 is 0. The van der Waals surface area contributed by atoms with E-state index in [1.54, 1.807) is 0 Å². The maximum absolute atomic E-state index is 12.3. The Morgan fingerprint density at radius 3 is 2.48 bits per heavy atom. The SMILES string of the molecule is CC(=O)c1ccc(S(=O)(=O)NCCNc2cc(N3CCCC3)ncn2)cc1. The summed E-state index contributed by atoms with van der Waals surface area (Å²) in [6.45, 7) is 4.04. The highest BCUT2D eigenvalue weighted by Gasteiger charge is 2.15. The summed E-state index contributed by atoms with van der Waals surface area (Å²) in [5.41, 5.74) is 0.480. The zero-order valence-corrected chi connectivity index (χ0v) is 16.0. The molecule has 0 radical (unpaired) electrons. The number of sulfonamides is 1. The van der Waals surface area contributed by atoms with Crippen LogP contribution >= 0.6 is 0 Å². The van der Waals surface area contributed by atoms with Crippen molar-refractivity contribution in [3.63, 3.8) is 0 Å². The van der Waals surface area contributed by atoms with Crippen LogP contribution in [0.4, 0.5) is 11.6 Å². The normalized spacial score (nSPS) is 14.3. The number of nitrogens with one attached hydrogen (secondary N) is 2. The molecule has 8 nitrogen and oxygen atoms in total. The number of anilines is 2. The van der Waals surface area contributed by atoms with Gasteiger partial charge in [0.25, 0.3) is 0 Å². The Labute approximate surface area is 159 Å². The van der Waals surface area contributed by atoms with Crippen molar-refractivity contribution in [2.45, 2.75) is 24.7 Å². The van der Waals surface area contributed by atoms with Crippen LogP contribution < -0.4 is 14.9 Å². The maximum Gasteiger partial charge on any atom is 0.240 e. The fraction of sp³-hybridized carbons (Fsp3) is 0.389. The summed E-state index contributed by atoms with van der Waals surface area (Å²) in [4.78, 5) is 22.1. The standard InChI is InChI=1S/C18H23N5O3S/c1-14(24)15-4-6-16(7-5-15)27(25,26)22-9-8-19-17-12-18(21-13-20-17)23-10-2-3-11-23/h4-7,12-13,22H,2-3,8-11H2,1H3,(H,19,20,21). The van der Waals surface area contributed by atoms with Crippen molar-refractivity contribution in [3.8, 4) is 0 Å². The minimum atomic E-state index is -3.62. The van der Waals surface area contributed by atoms with Crippen molar-refractivity contribution < 1.29 is 13.2 Å². The van der Waals surface area contributed by atoms with Crippen LogP contribution in [-0.2, 0) is 10.0 Å². The maximum atomic E-state index is 12.3. The van der Waals surface area contributed by atoms with Crippen molar-refractivity contribution in [1.82, 2.24) is 14.7 Å². The molecule has 144 valence electrons. The first-order valence-corrected chi connectivity index (χ1v) is 10.4. The van der Waals surface area contributed by atoms with Gasteiger partial charge in [0.15, 0.2) is 5.78 Å². The molecule has 2 heterocycles. The van der Waals surface area contributed by atoms with Crippen LogP contribution in [0.3, 0.4) is 0 Å². The van der Waals surface area contributed by atoms with Gasteiger partial charge >= 0.3 is 0 Å². The van der Waals surface area contributed by atoms with Gasteiger partial charge in [-0.05, 0) is 31.9 Å². The lowest BCUT2D eigenvalue weighted by atomic mass is 10.2. The topological polar surface area (TPSA) is 104 Å². The van der Waals surface area contributed by atoms with Gasteiger partial charge in [-0.2, -0.15) is 0 Å². The Morgan fingerprint density at radius 1 is 1.11 bits per heavy atom. The van der Waals surface area contributed by atoms with Gasteiger partial charge in [0.05, 0.1) is 4.90 Å². The summed E-state index contributed by atoms with van der Waals surface area (Å²) < 4.78 is 27.1. The van der Waals surface area contributed by atoms with Crippen LogP contribution in [0.1, 0.15) is 30.1 Å². The van der Waals surface area contributed by atoms with E-state index in [1.165, 1.54) is 50.4 Å². The highest BCUT2D eigenvalue weighted by Crippen LogP contribution is 2.19. The molecule has 0 bridgehead atoms. The lowest BCUT2D eigenvalue weighted by Gasteiger charge is -2.16. The second kappa shape index (κ2) is 8.45. The number of benzene rings is 1. The second-order valence-electron chi connectivity index (χ2n) is 6.36. The smallest absolute Gasteiger partial charge is 0.240 e. The van der Waals surface area contributed by atoms with Gasteiger partial charge in [-0.15, -0.1) is 0 Å². The fourth-order valence-corrected chi connectivity index (χ4v) is 3.92. The molecule has 1 fully saturated rings. The molecule has 1 aliphatic rings. The largest absolute Gasteiger partial charge is 0.369 e. The van der Waals surface area contributed by atoms with Gasteiger partial charge in [0.1, 0.15) is 18.0 Å². The molecule has 0 saturated carbocycles. The van der Waals surface area contributed by atoms with E-state index in [0.29, 0.717) is 17.9 Å². The Kier molecular flexibility index (Phi) is 6.02. The lowest BCUT2D eigenvalue weighted by molar-refractivity contribution is 0.101. The van der Waals surface area contributed by atoms with E-state index in [4.69, 9.17) is 0 Å². The van der Waals surface area contributed by atoms with Crippen LogP contribution in [0.2, 0.25) is 0 Å². The first-order valence-electron chi connectivity index (χ1n) is 8.87. The summed E-state index contributed by atoms with van der Waals surface area (Å²) in [5.74, 6) is 1.45. The Morgan fingerprint density at radius 2 is 1.81 bits per heavy atom. The number of aromatic nitrogens is 2. The molecule has 1 saturated heterocycles. The van der Waals surface area contributed by atoms with E-state index in [9.17, 15) is 13.2 Å². The van der Waals surface area contributed by atoms with Crippen LogP contribution in [0.25, 0.3) is 0 Å². The third kappa shape index (κ3) is 5.01. The van der Waals surface area contributed by atoms with Crippen LogP contribution in [0.5, 0.6) is 0 Å². The lowest BCUT2D eigenvalue weighted by Crippen LogP contribution is -2.29. The average molecular weight is 389 g/mol. The van der Waals surface area contributed by atoms with Crippen molar-refractivity contribution in [2.75, 3.05) is 36.4 Å². The molecule has 1 aliphatic heterocycles. The predicted octanol–water partition coefficient (Wildman–Crippen LogP) is 1.67. The number of Topliss-reactive ketones (excluding diaryl/α,β-unsaturated/α-hetero) is 1. The first-order chi connectivity index (χ1) is 13.0. The highest BCUT2D eigenvalue weighted by atomic mass is 32.2. The van der Waals surface area contributed by atoms with E-state index in [2.05, 4.69) is 24.9 Å². The number of nitrogens with zero attached hydrogens (tertiary/aromatic N) is 3. The molecular weight excluding hydrogens is 366 g/mol. The third-order valence-electron chi connectivity index (χ3n) is 4.38. The Bertz CT molecular complexity index is 893. The molecule has 1 aromatic carbocycles. The van der Waals surface area contributed by atoms with Crippen molar-refractivity contribution in [3.05, 3.63) is 42.2 Å². The third-order valence-corrected chi connectivity index (χ3v) is 5.85. The Balaban J connectivity index is 1.52. The van der Waals surface area contributed by atoms with E-state index in [1.807, 2.05) is 6.07 Å². The number of rotatable bonds is 8. The second-order valence-corrected chi connectivity index (χ2v) is 8.13. The molecule has 0 atom stereocenters. The minimum Gasteiger partial charge on any atom is -0.369 e. The van der Waals surface area contributed by atoms with Gasteiger partial charge in [-0.1, -0.05) is 12.1 Å². The van der Waals surface area contributed by atoms with Crippen LogP contribution in [-0.4, -0.2) is 50.3 Å². The van der Waals surface area contributed by atoms with Crippen molar-refractivity contribution >= 4 is 27.4 Å². The Hall–Kier alpha value is -2.52. The van der Waals surface area contributed by atoms with E-state index in [0.717, 1.165) is 18.9 Å². The average Bonchev–Trinajstić information content (AvgIpc) is 3.20. The molecule has 0 aliphatic carbocycles. The monoisotopic (exact) mass is 389 g/mol. The molecule has 0 spiro atoms. The predicted molar refractivity (Wildman–Crippen MR) is 104 cm³/mol. The molecule has 2 aromatic rings. The van der Waals surface area contributed by atoms with E-state index >= 15 is 0 Å². The molecule has 0 unspecified atom stereocenters. The van der Waals surface area contributed by atoms with Crippen molar-refractivity contribution in [2.24, 2.45) is 0 Å². The first kappa shape index (κ1) is 19.2. The zero-order valence-electron chi connectivity index (χ0n) is 15.2. The summed E-state index contributed by atoms with van der Waals surface area (Å²) in [6.07, 6.45) is 3.85.